The monoisotopic (exact) mass is 263 g/mol. The molecule has 1 aromatic heterocycles. The summed E-state index contributed by atoms with van der Waals surface area (Å²) >= 11 is 7.44. The highest BCUT2D eigenvalue weighted by Crippen LogP contribution is 2.25. The summed E-state index contributed by atoms with van der Waals surface area (Å²) in [5, 5.41) is 5.47. The lowest BCUT2D eigenvalue weighted by atomic mass is 10.1. The smallest absolute Gasteiger partial charge is 0.171 e. The molecule has 16 heavy (non-hydrogen) atoms. The molecule has 0 aliphatic carbocycles. The predicted molar refractivity (Wildman–Crippen MR) is 68.1 cm³/mol. The fraction of sp³-hybridized carbons (Fsp3) is 0.636. The first-order valence-corrected chi connectivity index (χ1v) is 6.39. The molecule has 5 heteroatoms. The van der Waals surface area contributed by atoms with E-state index < -0.39 is 0 Å². The van der Waals surface area contributed by atoms with Crippen LogP contribution in [-0.4, -0.2) is 26.6 Å². The van der Waals surface area contributed by atoms with E-state index in [9.17, 15) is 0 Å². The van der Waals surface area contributed by atoms with Crippen molar-refractivity contribution in [2.75, 3.05) is 14.2 Å². The van der Waals surface area contributed by atoms with Crippen molar-refractivity contribution in [2.24, 2.45) is 0 Å². The van der Waals surface area contributed by atoms with E-state index in [2.05, 4.69) is 17.6 Å². The summed E-state index contributed by atoms with van der Waals surface area (Å²) in [5.74, 6) is 0. The highest BCUT2D eigenvalue weighted by Gasteiger charge is 2.18. The molecule has 1 rings (SSSR count). The summed E-state index contributed by atoms with van der Waals surface area (Å²) in [5.41, 5.74) is 1.19. The summed E-state index contributed by atoms with van der Waals surface area (Å²) in [6.07, 6.45) is -0.239. The van der Waals surface area contributed by atoms with Crippen molar-refractivity contribution in [3.63, 3.8) is 0 Å². The van der Waals surface area contributed by atoms with Gasteiger partial charge in [0.25, 0.3) is 0 Å². The fourth-order valence-corrected chi connectivity index (χ4v) is 2.61. The lowest BCUT2D eigenvalue weighted by Gasteiger charge is -2.25. The van der Waals surface area contributed by atoms with Crippen molar-refractivity contribution in [2.45, 2.75) is 32.2 Å². The Labute approximate surface area is 106 Å². The summed E-state index contributed by atoms with van der Waals surface area (Å²) in [6, 6.07) is 2.32. The van der Waals surface area contributed by atoms with Gasteiger partial charge in [0.15, 0.2) is 6.29 Å². The Morgan fingerprint density at radius 2 is 1.94 bits per heavy atom. The number of rotatable bonds is 6. The normalized spacial score (nSPS) is 15.4. The maximum absolute atomic E-state index is 5.90. The van der Waals surface area contributed by atoms with Crippen LogP contribution < -0.4 is 5.32 Å². The van der Waals surface area contributed by atoms with Crippen molar-refractivity contribution in [3.8, 4) is 0 Å². The van der Waals surface area contributed by atoms with E-state index in [1.54, 1.807) is 25.6 Å². The Kier molecular flexibility index (Phi) is 5.72. The van der Waals surface area contributed by atoms with Crippen LogP contribution in [0.15, 0.2) is 11.4 Å². The molecule has 1 heterocycles. The molecule has 0 aliphatic rings. The minimum Gasteiger partial charge on any atom is -0.354 e. The molecule has 92 valence electrons. The van der Waals surface area contributed by atoms with Crippen LogP contribution in [0.2, 0.25) is 4.34 Å². The molecule has 0 aromatic carbocycles. The molecule has 0 bridgehead atoms. The summed E-state index contributed by atoms with van der Waals surface area (Å²) in [7, 11) is 3.27. The molecule has 0 aliphatic heterocycles. The van der Waals surface area contributed by atoms with E-state index >= 15 is 0 Å². The number of hydrogen-bond acceptors (Lipinski definition) is 4. The third kappa shape index (κ3) is 3.71. The van der Waals surface area contributed by atoms with Gasteiger partial charge in [0.1, 0.15) is 0 Å². The molecule has 1 aromatic rings. The molecule has 2 unspecified atom stereocenters. The van der Waals surface area contributed by atoms with E-state index in [-0.39, 0.29) is 18.4 Å². The number of thiophene rings is 1. The molecular weight excluding hydrogens is 246 g/mol. The molecule has 0 saturated carbocycles. The van der Waals surface area contributed by atoms with Gasteiger partial charge in [-0.25, -0.2) is 0 Å². The topological polar surface area (TPSA) is 30.5 Å². The third-order valence-corrected chi connectivity index (χ3v) is 3.58. The van der Waals surface area contributed by atoms with Gasteiger partial charge < -0.3 is 14.8 Å². The number of hydrogen-bond donors (Lipinski definition) is 1. The van der Waals surface area contributed by atoms with E-state index in [1.807, 2.05) is 13.0 Å². The van der Waals surface area contributed by atoms with Crippen molar-refractivity contribution in [3.05, 3.63) is 21.3 Å². The second kappa shape index (κ2) is 6.57. The van der Waals surface area contributed by atoms with Crippen molar-refractivity contribution < 1.29 is 9.47 Å². The lowest BCUT2D eigenvalue weighted by Crippen LogP contribution is -2.40. The van der Waals surface area contributed by atoms with Crippen LogP contribution in [0.5, 0.6) is 0 Å². The van der Waals surface area contributed by atoms with Crippen molar-refractivity contribution >= 4 is 22.9 Å². The summed E-state index contributed by atoms with van der Waals surface area (Å²) < 4.78 is 11.2. The number of nitrogens with one attached hydrogen (secondary N) is 1. The second-order valence-corrected chi connectivity index (χ2v) is 5.24. The number of ether oxygens (including phenoxy) is 2. The largest absolute Gasteiger partial charge is 0.354 e. The van der Waals surface area contributed by atoms with Gasteiger partial charge >= 0.3 is 0 Å². The molecule has 0 fully saturated rings. The van der Waals surface area contributed by atoms with Gasteiger partial charge in [-0.2, -0.15) is 0 Å². The van der Waals surface area contributed by atoms with Gasteiger partial charge in [0.2, 0.25) is 0 Å². The van der Waals surface area contributed by atoms with Gasteiger partial charge in [0, 0.05) is 20.3 Å². The van der Waals surface area contributed by atoms with Crippen LogP contribution in [0.25, 0.3) is 0 Å². The Bertz CT molecular complexity index is 315. The van der Waals surface area contributed by atoms with Gasteiger partial charge in [-0.1, -0.05) is 11.6 Å². The molecule has 3 nitrogen and oxygen atoms in total. The average Bonchev–Trinajstić information content (AvgIpc) is 2.66. The van der Waals surface area contributed by atoms with Crippen LogP contribution in [0.3, 0.4) is 0 Å². The lowest BCUT2D eigenvalue weighted by molar-refractivity contribution is -0.120. The summed E-state index contributed by atoms with van der Waals surface area (Å²) in [4.78, 5) is 0. The second-order valence-electron chi connectivity index (χ2n) is 3.70. The first kappa shape index (κ1) is 13.9. The zero-order chi connectivity index (χ0) is 12.1. The quantitative estimate of drug-likeness (QED) is 0.801. The van der Waals surface area contributed by atoms with Crippen LogP contribution in [0.4, 0.5) is 0 Å². The number of halogens is 1. The Hall–Kier alpha value is -0.130. The molecule has 0 saturated heterocycles. The minimum atomic E-state index is -0.239. The minimum absolute atomic E-state index is 0.115. The molecule has 0 amide bonds. The SMILES string of the molecule is COC(OC)C(C)NC(C)c1csc(Cl)c1. The molecular formula is C11H18ClNO2S. The van der Waals surface area contributed by atoms with Gasteiger partial charge in [-0.15, -0.1) is 11.3 Å². The fourth-order valence-electron chi connectivity index (χ4n) is 1.62. The standard InChI is InChI=1S/C11H18ClNO2S/c1-7(9-5-10(12)16-6-9)13-8(2)11(14-3)15-4/h5-8,11,13H,1-4H3. The highest BCUT2D eigenvalue weighted by atomic mass is 35.5. The van der Waals surface area contributed by atoms with Gasteiger partial charge in [-0.05, 0) is 30.9 Å². The van der Waals surface area contributed by atoms with Crippen molar-refractivity contribution in [1.82, 2.24) is 5.32 Å². The first-order chi connectivity index (χ1) is 7.58. The van der Waals surface area contributed by atoms with Crippen LogP contribution in [0, 0.1) is 0 Å². The Morgan fingerprint density at radius 1 is 1.31 bits per heavy atom. The Morgan fingerprint density at radius 3 is 2.38 bits per heavy atom. The average molecular weight is 264 g/mol. The zero-order valence-corrected chi connectivity index (χ0v) is 11.6. The van der Waals surface area contributed by atoms with Gasteiger partial charge in [0.05, 0.1) is 10.4 Å². The van der Waals surface area contributed by atoms with Crippen LogP contribution in [0.1, 0.15) is 25.5 Å². The molecule has 0 spiro atoms. The van der Waals surface area contributed by atoms with Crippen LogP contribution in [-0.2, 0) is 9.47 Å². The molecule has 0 radical (unpaired) electrons. The molecule has 2 atom stereocenters. The summed E-state index contributed by atoms with van der Waals surface area (Å²) in [6.45, 7) is 4.12. The highest BCUT2D eigenvalue weighted by molar-refractivity contribution is 7.14. The first-order valence-electron chi connectivity index (χ1n) is 5.14. The van der Waals surface area contributed by atoms with E-state index in [4.69, 9.17) is 21.1 Å². The maximum atomic E-state index is 5.90. The van der Waals surface area contributed by atoms with E-state index in [0.29, 0.717) is 0 Å². The van der Waals surface area contributed by atoms with Gasteiger partial charge in [-0.3, -0.25) is 0 Å². The number of methoxy groups -OCH3 is 2. The van der Waals surface area contributed by atoms with E-state index in [1.165, 1.54) is 5.56 Å². The maximum Gasteiger partial charge on any atom is 0.171 e. The van der Waals surface area contributed by atoms with Crippen molar-refractivity contribution in [1.29, 1.82) is 0 Å². The third-order valence-electron chi connectivity index (χ3n) is 2.47. The van der Waals surface area contributed by atoms with E-state index in [0.717, 1.165) is 4.34 Å². The van der Waals surface area contributed by atoms with Crippen LogP contribution >= 0.6 is 22.9 Å². The molecule has 1 N–H and O–H groups in total. The zero-order valence-electron chi connectivity index (χ0n) is 9.99. The predicted octanol–water partition coefficient (Wildman–Crippen LogP) is 3.06. The Balaban J connectivity index is 2.53.